The van der Waals surface area contributed by atoms with Crippen molar-refractivity contribution >= 4 is 22.3 Å². The highest BCUT2D eigenvalue weighted by molar-refractivity contribution is 7.19. The summed E-state index contributed by atoms with van der Waals surface area (Å²) in [6.07, 6.45) is 1.44. The van der Waals surface area contributed by atoms with Crippen LogP contribution in [0.25, 0.3) is 15.5 Å². The zero-order valence-electron chi connectivity index (χ0n) is 9.58. The minimum atomic E-state index is -0.934. The van der Waals surface area contributed by atoms with Crippen LogP contribution >= 0.6 is 11.3 Å². The number of aliphatic carboxylic acids is 1. The van der Waals surface area contributed by atoms with E-state index in [0.29, 0.717) is 21.2 Å². The van der Waals surface area contributed by atoms with Crippen molar-refractivity contribution in [1.82, 2.24) is 14.6 Å². The van der Waals surface area contributed by atoms with Crippen LogP contribution in [0, 0.1) is 5.82 Å². The van der Waals surface area contributed by atoms with E-state index in [-0.39, 0.29) is 12.2 Å². The fraction of sp³-hybridized carbons (Fsp3) is 0.0833. The van der Waals surface area contributed by atoms with Crippen molar-refractivity contribution in [3.05, 3.63) is 42.0 Å². The van der Waals surface area contributed by atoms with Crippen molar-refractivity contribution in [1.29, 1.82) is 0 Å². The number of benzene rings is 1. The Hall–Kier alpha value is -2.28. The number of fused-ring (bicyclic) bond motifs is 1. The number of aromatic nitrogens is 3. The van der Waals surface area contributed by atoms with Crippen LogP contribution in [-0.4, -0.2) is 25.7 Å². The number of hydrogen-bond donors (Lipinski definition) is 1. The highest BCUT2D eigenvalue weighted by atomic mass is 32.1. The van der Waals surface area contributed by atoms with Gasteiger partial charge in [-0.2, -0.15) is 5.10 Å². The number of nitrogens with zero attached hydrogens (tertiary/aromatic N) is 3. The predicted molar refractivity (Wildman–Crippen MR) is 67.6 cm³/mol. The van der Waals surface area contributed by atoms with E-state index >= 15 is 0 Å². The summed E-state index contributed by atoms with van der Waals surface area (Å²) in [5.41, 5.74) is 1.13. The Balaban J connectivity index is 1.99. The molecule has 0 bridgehead atoms. The first-order valence-electron chi connectivity index (χ1n) is 5.44. The Kier molecular flexibility index (Phi) is 2.75. The molecule has 5 nitrogen and oxygen atoms in total. The summed E-state index contributed by atoms with van der Waals surface area (Å²) in [6.45, 7) is 0. The van der Waals surface area contributed by atoms with E-state index in [1.807, 2.05) is 0 Å². The van der Waals surface area contributed by atoms with Crippen molar-refractivity contribution in [3.8, 4) is 10.6 Å². The monoisotopic (exact) mass is 277 g/mol. The molecule has 0 amide bonds. The molecule has 7 heteroatoms. The second-order valence-corrected chi connectivity index (χ2v) is 4.90. The smallest absolute Gasteiger partial charge is 0.309 e. The molecule has 0 spiro atoms. The topological polar surface area (TPSA) is 67.5 Å². The molecular formula is C12H8FN3O2S. The number of carbonyl (C=O) groups is 1. The molecule has 0 saturated heterocycles. The first-order valence-corrected chi connectivity index (χ1v) is 6.26. The molecule has 1 N–H and O–H groups in total. The van der Waals surface area contributed by atoms with Crippen LogP contribution in [0.15, 0.2) is 30.5 Å². The van der Waals surface area contributed by atoms with Crippen molar-refractivity contribution in [2.24, 2.45) is 0 Å². The molecule has 3 aromatic rings. The summed E-state index contributed by atoms with van der Waals surface area (Å²) in [5, 5.41) is 13.6. The Morgan fingerprint density at radius 3 is 3.00 bits per heavy atom. The van der Waals surface area contributed by atoms with Crippen molar-refractivity contribution < 1.29 is 14.3 Å². The minimum absolute atomic E-state index is 0.134. The van der Waals surface area contributed by atoms with E-state index in [9.17, 15) is 9.18 Å². The Morgan fingerprint density at radius 1 is 1.47 bits per heavy atom. The molecule has 96 valence electrons. The third-order valence-corrected chi connectivity index (χ3v) is 3.47. The van der Waals surface area contributed by atoms with Gasteiger partial charge < -0.3 is 5.11 Å². The molecule has 1 aromatic carbocycles. The molecule has 0 aliphatic rings. The highest BCUT2D eigenvalue weighted by Crippen LogP contribution is 2.26. The molecule has 0 unspecified atom stereocenters. The lowest BCUT2D eigenvalue weighted by molar-refractivity contribution is -0.136. The average molecular weight is 277 g/mol. The standard InChI is InChI=1S/C12H8FN3O2S/c13-8-3-1-2-7(4-8)11-15-16-6-9(5-10(17)18)14-12(16)19-11/h1-4,6H,5H2,(H,17,18). The maximum Gasteiger partial charge on any atom is 0.309 e. The van der Waals surface area contributed by atoms with Gasteiger partial charge in [-0.3, -0.25) is 4.79 Å². The lowest BCUT2D eigenvalue weighted by Gasteiger charge is -1.94. The Labute approximate surface area is 111 Å². The van der Waals surface area contributed by atoms with Crippen LogP contribution in [0.1, 0.15) is 5.69 Å². The van der Waals surface area contributed by atoms with Crippen LogP contribution in [0.4, 0.5) is 4.39 Å². The van der Waals surface area contributed by atoms with Crippen LogP contribution in [0.3, 0.4) is 0 Å². The Morgan fingerprint density at radius 2 is 2.32 bits per heavy atom. The number of hydrogen-bond acceptors (Lipinski definition) is 4. The third kappa shape index (κ3) is 2.32. The maximum atomic E-state index is 13.1. The minimum Gasteiger partial charge on any atom is -0.481 e. The molecule has 0 radical (unpaired) electrons. The lowest BCUT2D eigenvalue weighted by atomic mass is 10.2. The number of carboxylic acid groups (broad SMARTS) is 1. The molecule has 3 rings (SSSR count). The third-order valence-electron chi connectivity index (χ3n) is 2.50. The molecule has 19 heavy (non-hydrogen) atoms. The van der Waals surface area contributed by atoms with E-state index in [2.05, 4.69) is 10.1 Å². The van der Waals surface area contributed by atoms with Gasteiger partial charge in [-0.25, -0.2) is 13.9 Å². The fourth-order valence-electron chi connectivity index (χ4n) is 1.72. The lowest BCUT2D eigenvalue weighted by Crippen LogP contribution is -1.99. The van der Waals surface area contributed by atoms with Gasteiger partial charge >= 0.3 is 5.97 Å². The van der Waals surface area contributed by atoms with Crippen LogP contribution in [0.2, 0.25) is 0 Å². The summed E-state index contributed by atoms with van der Waals surface area (Å²) in [5.74, 6) is -1.26. The Bertz CT molecular complexity index is 734. The summed E-state index contributed by atoms with van der Waals surface area (Å²) in [4.78, 5) is 15.3. The van der Waals surface area contributed by atoms with Gasteiger partial charge in [-0.1, -0.05) is 23.5 Å². The summed E-state index contributed by atoms with van der Waals surface area (Å²) < 4.78 is 14.6. The number of rotatable bonds is 3. The van der Waals surface area contributed by atoms with E-state index < -0.39 is 5.97 Å². The molecule has 0 saturated carbocycles. The molecule has 0 aliphatic carbocycles. The molecule has 0 aliphatic heterocycles. The number of carboxylic acids is 1. The molecular weight excluding hydrogens is 269 g/mol. The van der Waals surface area contributed by atoms with E-state index in [1.165, 1.54) is 28.0 Å². The van der Waals surface area contributed by atoms with Crippen molar-refractivity contribution in [2.45, 2.75) is 6.42 Å². The number of imidazole rings is 1. The maximum absolute atomic E-state index is 13.1. The summed E-state index contributed by atoms with van der Waals surface area (Å²) in [7, 11) is 0. The van der Waals surface area contributed by atoms with E-state index in [1.54, 1.807) is 18.3 Å². The van der Waals surface area contributed by atoms with E-state index in [0.717, 1.165) is 0 Å². The second kappa shape index (κ2) is 4.43. The SMILES string of the molecule is O=C(O)Cc1cn2nc(-c3cccc(F)c3)sc2n1. The van der Waals surface area contributed by atoms with Gasteiger partial charge in [0.25, 0.3) is 0 Å². The van der Waals surface area contributed by atoms with Gasteiger partial charge in [0.2, 0.25) is 4.96 Å². The quantitative estimate of drug-likeness (QED) is 0.797. The van der Waals surface area contributed by atoms with Crippen molar-refractivity contribution in [2.75, 3.05) is 0 Å². The average Bonchev–Trinajstić information content (AvgIpc) is 2.85. The van der Waals surface area contributed by atoms with Gasteiger partial charge in [-0.05, 0) is 12.1 Å². The van der Waals surface area contributed by atoms with Gasteiger partial charge in [-0.15, -0.1) is 0 Å². The summed E-state index contributed by atoms with van der Waals surface area (Å²) >= 11 is 1.29. The van der Waals surface area contributed by atoms with Crippen LogP contribution in [-0.2, 0) is 11.2 Å². The highest BCUT2D eigenvalue weighted by Gasteiger charge is 2.11. The van der Waals surface area contributed by atoms with Gasteiger partial charge in [0.1, 0.15) is 10.8 Å². The largest absolute Gasteiger partial charge is 0.481 e. The van der Waals surface area contributed by atoms with Crippen molar-refractivity contribution in [3.63, 3.8) is 0 Å². The normalized spacial score (nSPS) is 11.0. The molecule has 2 aromatic heterocycles. The molecule has 2 heterocycles. The van der Waals surface area contributed by atoms with Crippen LogP contribution in [0.5, 0.6) is 0 Å². The first-order chi connectivity index (χ1) is 9.11. The molecule has 0 fully saturated rings. The second-order valence-electron chi connectivity index (χ2n) is 3.95. The van der Waals surface area contributed by atoms with Gasteiger partial charge in [0.05, 0.1) is 18.3 Å². The number of halogens is 1. The zero-order valence-corrected chi connectivity index (χ0v) is 10.4. The summed E-state index contributed by atoms with van der Waals surface area (Å²) in [6, 6.07) is 6.15. The first kappa shape index (κ1) is 11.8. The van der Waals surface area contributed by atoms with Gasteiger partial charge in [0, 0.05) is 5.56 Å². The van der Waals surface area contributed by atoms with E-state index in [4.69, 9.17) is 5.11 Å². The predicted octanol–water partition coefficient (Wildman–Crippen LogP) is 2.22. The zero-order chi connectivity index (χ0) is 13.4. The fourth-order valence-corrected chi connectivity index (χ4v) is 2.62. The van der Waals surface area contributed by atoms with Gasteiger partial charge in [0.15, 0.2) is 0 Å². The van der Waals surface area contributed by atoms with Crippen LogP contribution < -0.4 is 0 Å². The molecule has 0 atom stereocenters.